The Morgan fingerprint density at radius 2 is 1.97 bits per heavy atom. The Hall–Kier alpha value is -2.46. The first-order chi connectivity index (χ1) is 14.5. The summed E-state index contributed by atoms with van der Waals surface area (Å²) in [6.07, 6.45) is -1.04. The summed E-state index contributed by atoms with van der Waals surface area (Å²) in [6.45, 7) is 3.39. The van der Waals surface area contributed by atoms with Crippen molar-refractivity contribution in [1.82, 2.24) is 5.32 Å². The van der Waals surface area contributed by atoms with E-state index in [0.717, 1.165) is 0 Å². The van der Waals surface area contributed by atoms with Crippen LogP contribution in [0.3, 0.4) is 0 Å². The summed E-state index contributed by atoms with van der Waals surface area (Å²) in [5.74, 6) is -2.00. The Morgan fingerprint density at radius 3 is 2.55 bits per heavy atom. The average molecular weight is 458 g/mol. The number of amides is 1. The van der Waals surface area contributed by atoms with Gasteiger partial charge >= 0.3 is 19.8 Å². The summed E-state index contributed by atoms with van der Waals surface area (Å²) >= 11 is 0. The molecule has 1 aromatic rings. The lowest BCUT2D eigenvalue weighted by molar-refractivity contribution is -0.142. The standard InChI is InChI=1S/C19H27N2O9P/c1-19(2)11-28-31(26,30-16(19)17(23)21-9-8-15(22)27-3)29-13-6-4-12(5-7-13)10-14(20)18(24)25/h4-7,14,16H,8-11,20H2,1-3H3,(H,21,23)(H,24,25)/t14-,16-,31+/m0/s1. The molecule has 0 spiro atoms. The molecule has 1 heterocycles. The van der Waals surface area contributed by atoms with Crippen molar-refractivity contribution >= 4 is 25.7 Å². The number of hydrogen-bond acceptors (Lipinski definition) is 9. The quantitative estimate of drug-likeness (QED) is 0.362. The predicted molar refractivity (Wildman–Crippen MR) is 108 cm³/mol. The number of hydrogen-bond donors (Lipinski definition) is 3. The van der Waals surface area contributed by atoms with E-state index in [-0.39, 0.29) is 31.7 Å². The second-order valence-electron chi connectivity index (χ2n) is 7.70. The molecular formula is C19H27N2O9P. The lowest BCUT2D eigenvalue weighted by Crippen LogP contribution is -2.50. The van der Waals surface area contributed by atoms with E-state index >= 15 is 0 Å². The molecule has 2 rings (SSSR count). The number of methoxy groups -OCH3 is 1. The van der Waals surface area contributed by atoms with E-state index < -0.39 is 43.2 Å². The van der Waals surface area contributed by atoms with E-state index in [1.54, 1.807) is 26.0 Å². The molecule has 12 heteroatoms. The normalized spacial score (nSPS) is 23.4. The van der Waals surface area contributed by atoms with E-state index in [9.17, 15) is 18.9 Å². The number of rotatable bonds is 9. The molecule has 1 saturated heterocycles. The first kappa shape index (κ1) is 24.8. The van der Waals surface area contributed by atoms with Gasteiger partial charge in [-0.3, -0.25) is 23.4 Å². The zero-order valence-electron chi connectivity index (χ0n) is 17.5. The van der Waals surface area contributed by atoms with Crippen LogP contribution < -0.4 is 15.6 Å². The van der Waals surface area contributed by atoms with Crippen molar-refractivity contribution in [3.63, 3.8) is 0 Å². The van der Waals surface area contributed by atoms with Gasteiger partial charge in [-0.25, -0.2) is 4.57 Å². The smallest absolute Gasteiger partial charge is 0.480 e. The van der Waals surface area contributed by atoms with Gasteiger partial charge in [-0.15, -0.1) is 0 Å². The summed E-state index contributed by atoms with van der Waals surface area (Å²) in [5.41, 5.74) is 5.35. The third-order valence-electron chi connectivity index (χ3n) is 4.55. The molecule has 31 heavy (non-hydrogen) atoms. The number of ether oxygens (including phenoxy) is 1. The maximum Gasteiger partial charge on any atom is 0.530 e. The Labute approximate surface area is 179 Å². The Bertz CT molecular complexity index is 856. The molecule has 4 N–H and O–H groups in total. The summed E-state index contributed by atoms with van der Waals surface area (Å²) in [5, 5.41) is 11.4. The number of phosphoric acid groups is 1. The minimum absolute atomic E-state index is 0.0159. The van der Waals surface area contributed by atoms with Gasteiger partial charge in [0.15, 0.2) is 6.10 Å². The molecule has 11 nitrogen and oxygen atoms in total. The lowest BCUT2D eigenvalue weighted by atomic mass is 9.87. The molecule has 1 aromatic carbocycles. The first-order valence-corrected chi connectivity index (χ1v) is 11.0. The number of phosphoric ester groups is 1. The van der Waals surface area contributed by atoms with Crippen LogP contribution >= 0.6 is 7.82 Å². The third-order valence-corrected chi connectivity index (χ3v) is 5.90. The SMILES string of the molecule is COC(=O)CCNC(=O)[C@@H]1O[P@@](=O)(Oc2ccc(C[C@H](N)C(=O)O)cc2)OCC1(C)C. The number of benzene rings is 1. The highest BCUT2D eigenvalue weighted by atomic mass is 31.2. The van der Waals surface area contributed by atoms with Gasteiger partial charge in [-0.2, -0.15) is 0 Å². The molecule has 3 atom stereocenters. The summed E-state index contributed by atoms with van der Waals surface area (Å²) < 4.78 is 33.6. The molecular weight excluding hydrogens is 431 g/mol. The number of carboxylic acid groups (broad SMARTS) is 1. The average Bonchev–Trinajstić information content (AvgIpc) is 2.71. The van der Waals surface area contributed by atoms with Gasteiger partial charge in [-0.05, 0) is 24.1 Å². The van der Waals surface area contributed by atoms with Crippen LogP contribution in [0.25, 0.3) is 0 Å². The number of aliphatic carboxylic acids is 1. The second kappa shape index (κ2) is 10.2. The van der Waals surface area contributed by atoms with E-state index in [0.29, 0.717) is 5.56 Å². The van der Waals surface area contributed by atoms with Crippen LogP contribution in [0.2, 0.25) is 0 Å². The fourth-order valence-corrected chi connectivity index (χ4v) is 4.38. The monoisotopic (exact) mass is 458 g/mol. The summed E-state index contributed by atoms with van der Waals surface area (Å²) in [6, 6.07) is 5.06. The molecule has 1 fully saturated rings. The number of carbonyl (C=O) groups excluding carboxylic acids is 2. The number of nitrogens with one attached hydrogen (secondary N) is 1. The summed E-state index contributed by atoms with van der Waals surface area (Å²) in [7, 11) is -2.87. The number of esters is 1. The highest BCUT2D eigenvalue weighted by Gasteiger charge is 2.49. The first-order valence-electron chi connectivity index (χ1n) is 9.50. The van der Waals surface area contributed by atoms with Crippen LogP contribution in [-0.2, 0) is 39.2 Å². The fraction of sp³-hybridized carbons (Fsp3) is 0.526. The van der Waals surface area contributed by atoms with Crippen molar-refractivity contribution in [3.8, 4) is 5.75 Å². The number of carbonyl (C=O) groups is 3. The van der Waals surface area contributed by atoms with Crippen LogP contribution in [0.4, 0.5) is 0 Å². The van der Waals surface area contributed by atoms with Gasteiger partial charge in [0, 0.05) is 12.0 Å². The van der Waals surface area contributed by atoms with Gasteiger partial charge in [-0.1, -0.05) is 26.0 Å². The van der Waals surface area contributed by atoms with Crippen molar-refractivity contribution in [2.45, 2.75) is 38.8 Å². The lowest BCUT2D eigenvalue weighted by Gasteiger charge is -2.39. The Morgan fingerprint density at radius 1 is 1.32 bits per heavy atom. The van der Waals surface area contributed by atoms with Gasteiger partial charge in [0.1, 0.15) is 11.8 Å². The highest BCUT2D eigenvalue weighted by Crippen LogP contribution is 2.56. The predicted octanol–water partition coefficient (Wildman–Crippen LogP) is 1.25. The molecule has 0 aromatic heterocycles. The van der Waals surface area contributed by atoms with Crippen molar-refractivity contribution in [1.29, 1.82) is 0 Å². The van der Waals surface area contributed by atoms with Crippen molar-refractivity contribution in [3.05, 3.63) is 29.8 Å². The minimum Gasteiger partial charge on any atom is -0.480 e. The van der Waals surface area contributed by atoms with Gasteiger partial charge in [0.2, 0.25) is 0 Å². The molecule has 1 aliphatic rings. The number of carboxylic acids is 1. The molecule has 0 aliphatic carbocycles. The molecule has 0 radical (unpaired) electrons. The topological polar surface area (TPSA) is 163 Å². The van der Waals surface area contributed by atoms with Crippen LogP contribution in [0.5, 0.6) is 5.75 Å². The van der Waals surface area contributed by atoms with Gasteiger partial charge in [0.05, 0.1) is 20.1 Å². The van der Waals surface area contributed by atoms with Crippen LogP contribution in [0.1, 0.15) is 25.8 Å². The van der Waals surface area contributed by atoms with E-state index in [2.05, 4.69) is 10.1 Å². The van der Waals surface area contributed by atoms with Crippen LogP contribution in [0.15, 0.2) is 24.3 Å². The molecule has 1 amide bonds. The zero-order chi connectivity index (χ0) is 23.2. The van der Waals surface area contributed by atoms with Crippen LogP contribution in [0, 0.1) is 5.41 Å². The molecule has 0 unspecified atom stereocenters. The molecule has 172 valence electrons. The number of nitrogens with two attached hydrogens (primary N) is 1. The maximum atomic E-state index is 13.0. The fourth-order valence-electron chi connectivity index (χ4n) is 2.71. The Balaban J connectivity index is 2.03. The molecule has 0 bridgehead atoms. The minimum atomic E-state index is -4.11. The molecule has 0 saturated carbocycles. The van der Waals surface area contributed by atoms with Crippen molar-refractivity contribution in [2.24, 2.45) is 11.1 Å². The van der Waals surface area contributed by atoms with Gasteiger partial charge in [0.25, 0.3) is 5.91 Å². The van der Waals surface area contributed by atoms with E-state index in [1.807, 2.05) is 0 Å². The maximum absolute atomic E-state index is 13.0. The van der Waals surface area contributed by atoms with E-state index in [4.69, 9.17) is 24.4 Å². The largest absolute Gasteiger partial charge is 0.530 e. The third kappa shape index (κ3) is 7.03. The van der Waals surface area contributed by atoms with Crippen LogP contribution in [-0.4, -0.2) is 55.4 Å². The summed E-state index contributed by atoms with van der Waals surface area (Å²) in [4.78, 5) is 34.6. The van der Waals surface area contributed by atoms with E-state index in [1.165, 1.54) is 19.2 Å². The zero-order valence-corrected chi connectivity index (χ0v) is 18.4. The molecule has 1 aliphatic heterocycles. The van der Waals surface area contributed by atoms with Crippen molar-refractivity contribution in [2.75, 3.05) is 20.3 Å². The highest BCUT2D eigenvalue weighted by molar-refractivity contribution is 7.49. The van der Waals surface area contributed by atoms with Crippen molar-refractivity contribution < 1.29 is 42.4 Å². The second-order valence-corrected chi connectivity index (χ2v) is 9.24. The Kier molecular flexibility index (Phi) is 8.19. The van der Waals surface area contributed by atoms with Gasteiger partial charge < -0.3 is 25.4 Å².